The van der Waals surface area contributed by atoms with E-state index in [0.717, 1.165) is 24.2 Å². The van der Waals surface area contributed by atoms with E-state index in [-0.39, 0.29) is 24.8 Å². The zero-order chi connectivity index (χ0) is 24.2. The molecule has 0 fully saturated rings. The van der Waals surface area contributed by atoms with Gasteiger partial charge in [-0.15, -0.1) is 0 Å². The summed E-state index contributed by atoms with van der Waals surface area (Å²) in [6.45, 7) is 4.97. The summed E-state index contributed by atoms with van der Waals surface area (Å²) >= 11 is 12.3. The molecule has 0 aliphatic carbocycles. The highest BCUT2D eigenvalue weighted by Gasteiger charge is 2.26. The third-order valence-corrected chi connectivity index (χ3v) is 5.80. The number of amides is 2. The lowest BCUT2D eigenvalue weighted by atomic mass is 10.1. The number of methoxy groups -OCH3 is 1. The third kappa shape index (κ3) is 8.78. The van der Waals surface area contributed by atoms with Crippen molar-refractivity contribution in [2.45, 2.75) is 52.1 Å². The van der Waals surface area contributed by atoms with Gasteiger partial charge in [-0.3, -0.25) is 9.59 Å². The van der Waals surface area contributed by atoms with Crippen LogP contribution in [0.5, 0.6) is 11.5 Å². The lowest BCUT2D eigenvalue weighted by Crippen LogP contribution is -2.47. The number of rotatable bonds is 13. The number of nitrogens with one attached hydrogen (secondary N) is 1. The molecule has 0 aliphatic heterocycles. The Morgan fingerprint density at radius 1 is 1.06 bits per heavy atom. The molecule has 2 aromatic rings. The van der Waals surface area contributed by atoms with Crippen LogP contribution in [-0.2, 0) is 16.1 Å². The Morgan fingerprint density at radius 3 is 2.39 bits per heavy atom. The van der Waals surface area contributed by atoms with Gasteiger partial charge < -0.3 is 19.7 Å². The minimum atomic E-state index is -0.636. The van der Waals surface area contributed by atoms with Crippen molar-refractivity contribution in [1.29, 1.82) is 0 Å². The third-order valence-electron chi connectivity index (χ3n) is 5.22. The van der Waals surface area contributed by atoms with Crippen LogP contribution in [0.4, 0.5) is 0 Å². The van der Waals surface area contributed by atoms with Crippen LogP contribution in [-0.4, -0.2) is 43.0 Å². The zero-order valence-electron chi connectivity index (χ0n) is 19.4. The maximum absolute atomic E-state index is 13.1. The van der Waals surface area contributed by atoms with Crippen molar-refractivity contribution in [3.8, 4) is 11.5 Å². The number of carbonyl (C=O) groups excluding carboxylic acids is 2. The fraction of sp³-hybridized carbons (Fsp3) is 0.440. The first-order valence-corrected chi connectivity index (χ1v) is 11.9. The Morgan fingerprint density at radius 2 is 1.76 bits per heavy atom. The van der Waals surface area contributed by atoms with Crippen LogP contribution in [0.2, 0.25) is 10.0 Å². The van der Waals surface area contributed by atoms with Crippen molar-refractivity contribution in [2.75, 3.05) is 20.3 Å². The van der Waals surface area contributed by atoms with Crippen LogP contribution in [0.1, 0.15) is 45.1 Å². The zero-order valence-corrected chi connectivity index (χ0v) is 20.9. The minimum Gasteiger partial charge on any atom is -0.497 e. The molecular weight excluding hydrogens is 463 g/mol. The van der Waals surface area contributed by atoms with Crippen LogP contribution >= 0.6 is 23.2 Å². The predicted molar refractivity (Wildman–Crippen MR) is 132 cm³/mol. The molecule has 1 atom stereocenters. The van der Waals surface area contributed by atoms with Crippen LogP contribution < -0.4 is 14.8 Å². The number of unbranched alkanes of at least 4 members (excludes halogenated alkanes) is 1. The molecule has 0 aliphatic rings. The van der Waals surface area contributed by atoms with Crippen molar-refractivity contribution in [3.05, 3.63) is 58.1 Å². The number of halogens is 2. The highest BCUT2D eigenvalue weighted by molar-refractivity contribution is 6.35. The Labute approximate surface area is 206 Å². The fourth-order valence-corrected chi connectivity index (χ4v) is 3.65. The van der Waals surface area contributed by atoms with E-state index in [1.165, 1.54) is 0 Å². The Balaban J connectivity index is 2.00. The van der Waals surface area contributed by atoms with Crippen LogP contribution in [0.15, 0.2) is 42.5 Å². The van der Waals surface area contributed by atoms with Crippen molar-refractivity contribution in [3.63, 3.8) is 0 Å². The maximum Gasteiger partial charge on any atom is 0.242 e. The van der Waals surface area contributed by atoms with Gasteiger partial charge in [-0.2, -0.15) is 0 Å². The van der Waals surface area contributed by atoms with Gasteiger partial charge in [0.25, 0.3) is 0 Å². The van der Waals surface area contributed by atoms with E-state index >= 15 is 0 Å². The standard InChI is InChI=1S/C25H32Cl2N2O4/c1-4-5-14-28-25(31)18(2)29(17-19-8-9-20(26)16-23(19)27)24(30)7-6-15-33-22-12-10-21(32-3)11-13-22/h8-13,16,18H,4-7,14-15,17H2,1-3H3,(H,28,31). The van der Waals surface area contributed by atoms with Gasteiger partial charge in [0.05, 0.1) is 13.7 Å². The van der Waals surface area contributed by atoms with Crippen LogP contribution in [0, 0.1) is 0 Å². The first-order valence-electron chi connectivity index (χ1n) is 11.1. The predicted octanol–water partition coefficient (Wildman–Crippen LogP) is 5.49. The normalized spacial score (nSPS) is 11.5. The SMILES string of the molecule is CCCCNC(=O)C(C)N(Cc1ccc(Cl)cc1Cl)C(=O)CCCOc1ccc(OC)cc1. The summed E-state index contributed by atoms with van der Waals surface area (Å²) in [7, 11) is 1.61. The minimum absolute atomic E-state index is 0.141. The van der Waals surface area contributed by atoms with E-state index in [4.69, 9.17) is 32.7 Å². The van der Waals surface area contributed by atoms with Crippen molar-refractivity contribution in [1.82, 2.24) is 10.2 Å². The quantitative estimate of drug-likeness (QED) is 0.373. The Kier molecular flexibility index (Phi) is 11.3. The van der Waals surface area contributed by atoms with Crippen molar-refractivity contribution in [2.24, 2.45) is 0 Å². The lowest BCUT2D eigenvalue weighted by molar-refractivity contribution is -0.140. The van der Waals surface area contributed by atoms with Gasteiger partial charge in [0, 0.05) is 29.6 Å². The molecule has 0 spiro atoms. The molecule has 2 aromatic carbocycles. The molecule has 0 radical (unpaired) electrons. The molecule has 2 rings (SSSR count). The Bertz CT molecular complexity index is 906. The van der Waals surface area contributed by atoms with Gasteiger partial charge in [0.1, 0.15) is 17.5 Å². The number of benzene rings is 2. The number of hydrogen-bond acceptors (Lipinski definition) is 4. The van der Waals surface area contributed by atoms with E-state index in [1.54, 1.807) is 37.1 Å². The lowest BCUT2D eigenvalue weighted by Gasteiger charge is -2.29. The summed E-state index contributed by atoms with van der Waals surface area (Å²) in [5.41, 5.74) is 0.733. The topological polar surface area (TPSA) is 67.9 Å². The average molecular weight is 495 g/mol. The molecule has 0 saturated heterocycles. The Hall–Kier alpha value is -2.44. The molecule has 33 heavy (non-hydrogen) atoms. The molecule has 0 heterocycles. The molecule has 0 saturated carbocycles. The summed E-state index contributed by atoms with van der Waals surface area (Å²) in [5.74, 6) is 1.13. The molecule has 1 unspecified atom stereocenters. The van der Waals surface area contributed by atoms with Gasteiger partial charge in [0.2, 0.25) is 11.8 Å². The molecule has 180 valence electrons. The van der Waals surface area contributed by atoms with Gasteiger partial charge in [-0.05, 0) is 61.7 Å². The maximum atomic E-state index is 13.1. The van der Waals surface area contributed by atoms with E-state index in [1.807, 2.05) is 24.3 Å². The smallest absolute Gasteiger partial charge is 0.242 e. The van der Waals surface area contributed by atoms with Crippen molar-refractivity contribution >= 4 is 35.0 Å². The van der Waals surface area contributed by atoms with Gasteiger partial charge in [0.15, 0.2) is 0 Å². The van der Waals surface area contributed by atoms with E-state index < -0.39 is 6.04 Å². The van der Waals surface area contributed by atoms with Crippen LogP contribution in [0.25, 0.3) is 0 Å². The number of hydrogen-bond donors (Lipinski definition) is 1. The number of ether oxygens (including phenoxy) is 2. The molecule has 6 nitrogen and oxygen atoms in total. The summed E-state index contributed by atoms with van der Waals surface area (Å²) in [6.07, 6.45) is 2.62. The van der Waals surface area contributed by atoms with Gasteiger partial charge in [-0.25, -0.2) is 0 Å². The molecule has 8 heteroatoms. The molecule has 2 amide bonds. The van der Waals surface area contributed by atoms with E-state index in [2.05, 4.69) is 12.2 Å². The molecule has 1 N–H and O–H groups in total. The molecule has 0 bridgehead atoms. The van der Waals surface area contributed by atoms with Gasteiger partial charge >= 0.3 is 0 Å². The van der Waals surface area contributed by atoms with E-state index in [0.29, 0.717) is 35.4 Å². The largest absolute Gasteiger partial charge is 0.497 e. The van der Waals surface area contributed by atoms with Crippen LogP contribution in [0.3, 0.4) is 0 Å². The monoisotopic (exact) mass is 494 g/mol. The average Bonchev–Trinajstić information content (AvgIpc) is 2.81. The van der Waals surface area contributed by atoms with Gasteiger partial charge in [-0.1, -0.05) is 42.6 Å². The molecular formula is C25H32Cl2N2O4. The summed E-state index contributed by atoms with van der Waals surface area (Å²) in [5, 5.41) is 3.88. The fourth-order valence-electron chi connectivity index (χ4n) is 3.18. The first-order chi connectivity index (χ1) is 15.8. The van der Waals surface area contributed by atoms with Crippen molar-refractivity contribution < 1.29 is 19.1 Å². The first kappa shape index (κ1) is 26.8. The summed E-state index contributed by atoms with van der Waals surface area (Å²) in [6, 6.07) is 11.8. The highest BCUT2D eigenvalue weighted by atomic mass is 35.5. The number of carbonyl (C=O) groups is 2. The number of nitrogens with zero attached hydrogens (tertiary/aromatic N) is 1. The summed E-state index contributed by atoms with van der Waals surface area (Å²) in [4.78, 5) is 27.3. The van der Waals surface area contributed by atoms with E-state index in [9.17, 15) is 9.59 Å². The second-order valence-electron chi connectivity index (χ2n) is 7.71. The second kappa shape index (κ2) is 14.0. The second-order valence-corrected chi connectivity index (χ2v) is 8.55. The molecule has 0 aromatic heterocycles. The summed E-state index contributed by atoms with van der Waals surface area (Å²) < 4.78 is 10.9. The highest BCUT2D eigenvalue weighted by Crippen LogP contribution is 2.24.